The molecule has 0 atom stereocenters. The van der Waals surface area contributed by atoms with Crippen molar-refractivity contribution in [1.82, 2.24) is 4.90 Å². The molecule has 0 unspecified atom stereocenters. The van der Waals surface area contributed by atoms with Crippen LogP contribution in [0.4, 0.5) is 5.69 Å². The minimum absolute atomic E-state index is 0. The van der Waals surface area contributed by atoms with E-state index in [4.69, 9.17) is 4.74 Å². The molecule has 5 nitrogen and oxygen atoms in total. The lowest BCUT2D eigenvalue weighted by atomic mass is 10.1. The van der Waals surface area contributed by atoms with Gasteiger partial charge in [0.05, 0.1) is 17.9 Å². The van der Waals surface area contributed by atoms with E-state index >= 15 is 0 Å². The number of carbonyl (C=O) groups excluding carboxylic acids is 2. The molecule has 0 spiro atoms. The molecule has 7 heteroatoms. The van der Waals surface area contributed by atoms with Crippen molar-refractivity contribution in [2.45, 2.75) is 34.2 Å². The number of hydrogen-bond donors (Lipinski definition) is 1. The van der Waals surface area contributed by atoms with Crippen molar-refractivity contribution in [1.29, 1.82) is 0 Å². The van der Waals surface area contributed by atoms with Gasteiger partial charge in [-0.2, -0.15) is 0 Å². The van der Waals surface area contributed by atoms with Gasteiger partial charge < -0.3 is 10.1 Å². The van der Waals surface area contributed by atoms with Gasteiger partial charge in [-0.05, 0) is 53.6 Å². The van der Waals surface area contributed by atoms with E-state index in [-0.39, 0.29) is 24.3 Å². The molecule has 0 saturated heterocycles. The van der Waals surface area contributed by atoms with Crippen LogP contribution in [0.5, 0.6) is 0 Å². The molecule has 0 aliphatic carbocycles. The molecular weight excluding hydrogens is 384 g/mol. The third kappa shape index (κ3) is 6.49. The van der Waals surface area contributed by atoms with E-state index in [0.29, 0.717) is 28.9 Å². The van der Waals surface area contributed by atoms with Crippen LogP contribution in [0.15, 0.2) is 16.6 Å². The molecule has 0 aliphatic heterocycles. The van der Waals surface area contributed by atoms with Crippen LogP contribution in [0.1, 0.15) is 43.6 Å². The molecule has 0 bridgehead atoms. The standard InChI is InChI=1S/C16H23BrN2O3.ClH/c1-5-19(6-2)10-13-8-12(16(21)22-7-3)9-14(17)15(13)18-11(4)20;/h8-9H,5-7,10H2,1-4H3,(H,18,20);1H. The zero-order valence-corrected chi connectivity index (χ0v) is 16.3. The molecule has 0 heterocycles. The molecule has 23 heavy (non-hydrogen) atoms. The largest absolute Gasteiger partial charge is 0.462 e. The molecule has 0 fully saturated rings. The Morgan fingerprint density at radius 3 is 2.30 bits per heavy atom. The molecule has 0 aromatic heterocycles. The maximum absolute atomic E-state index is 12.0. The lowest BCUT2D eigenvalue weighted by Crippen LogP contribution is -2.23. The fourth-order valence-electron chi connectivity index (χ4n) is 2.12. The lowest BCUT2D eigenvalue weighted by molar-refractivity contribution is -0.114. The van der Waals surface area contributed by atoms with Crippen LogP contribution in [-0.2, 0) is 16.1 Å². The van der Waals surface area contributed by atoms with Crippen molar-refractivity contribution in [3.05, 3.63) is 27.7 Å². The first kappa shape index (κ1) is 21.9. The lowest BCUT2D eigenvalue weighted by Gasteiger charge is -2.21. The summed E-state index contributed by atoms with van der Waals surface area (Å²) in [5.41, 5.74) is 2.06. The second-order valence-electron chi connectivity index (χ2n) is 4.86. The number of hydrogen-bond acceptors (Lipinski definition) is 4. The molecule has 1 rings (SSSR count). The molecular formula is C16H24BrClN2O3. The first-order valence-corrected chi connectivity index (χ1v) is 8.21. The van der Waals surface area contributed by atoms with E-state index in [1.54, 1.807) is 19.1 Å². The van der Waals surface area contributed by atoms with Gasteiger partial charge in [0.1, 0.15) is 0 Å². The first-order valence-electron chi connectivity index (χ1n) is 7.42. The maximum atomic E-state index is 12.0. The molecule has 130 valence electrons. The van der Waals surface area contributed by atoms with E-state index in [2.05, 4.69) is 40.0 Å². The summed E-state index contributed by atoms with van der Waals surface area (Å²) in [6.45, 7) is 10.1. The van der Waals surface area contributed by atoms with Gasteiger partial charge in [0.25, 0.3) is 0 Å². The summed E-state index contributed by atoms with van der Waals surface area (Å²) in [6, 6.07) is 3.46. The normalized spacial score (nSPS) is 10.2. The number of amides is 1. The van der Waals surface area contributed by atoms with Crippen molar-refractivity contribution in [3.8, 4) is 0 Å². The highest BCUT2D eigenvalue weighted by atomic mass is 79.9. The maximum Gasteiger partial charge on any atom is 0.338 e. The third-order valence-electron chi connectivity index (χ3n) is 3.27. The van der Waals surface area contributed by atoms with E-state index in [1.807, 2.05) is 0 Å². The minimum Gasteiger partial charge on any atom is -0.462 e. The third-order valence-corrected chi connectivity index (χ3v) is 3.90. The van der Waals surface area contributed by atoms with E-state index < -0.39 is 0 Å². The average molecular weight is 408 g/mol. The monoisotopic (exact) mass is 406 g/mol. The zero-order valence-electron chi connectivity index (χ0n) is 13.9. The van der Waals surface area contributed by atoms with Crippen LogP contribution in [0.25, 0.3) is 0 Å². The van der Waals surface area contributed by atoms with Crippen molar-refractivity contribution in [2.24, 2.45) is 0 Å². The molecule has 1 aromatic carbocycles. The number of carbonyl (C=O) groups is 2. The van der Waals surface area contributed by atoms with Crippen molar-refractivity contribution >= 4 is 45.9 Å². The molecule has 1 amide bonds. The summed E-state index contributed by atoms with van der Waals surface area (Å²) in [5.74, 6) is -0.510. The Bertz CT molecular complexity index is 548. The van der Waals surface area contributed by atoms with Gasteiger partial charge in [0.2, 0.25) is 5.91 Å². The summed E-state index contributed by atoms with van der Waals surface area (Å²) in [4.78, 5) is 25.6. The Kier molecular flexibility index (Phi) is 10.1. The number of rotatable bonds is 7. The fourth-order valence-corrected chi connectivity index (χ4v) is 2.73. The van der Waals surface area contributed by atoms with E-state index in [0.717, 1.165) is 18.7 Å². The Morgan fingerprint density at radius 2 is 1.83 bits per heavy atom. The molecule has 0 saturated carbocycles. The van der Waals surface area contributed by atoms with Crippen LogP contribution in [0, 0.1) is 0 Å². The van der Waals surface area contributed by atoms with Crippen molar-refractivity contribution in [2.75, 3.05) is 25.0 Å². The van der Waals surface area contributed by atoms with Gasteiger partial charge in [-0.3, -0.25) is 9.69 Å². The van der Waals surface area contributed by atoms with Crippen molar-refractivity contribution < 1.29 is 14.3 Å². The number of nitrogens with one attached hydrogen (secondary N) is 1. The summed E-state index contributed by atoms with van der Waals surface area (Å²) in [5, 5.41) is 2.83. The first-order chi connectivity index (χ1) is 10.4. The predicted octanol–water partition coefficient (Wildman–Crippen LogP) is 3.85. The fraction of sp³-hybridized carbons (Fsp3) is 0.500. The number of halogens is 2. The minimum atomic E-state index is -0.363. The SMILES string of the molecule is CCOC(=O)c1cc(Br)c(NC(C)=O)c(CN(CC)CC)c1.Cl. The summed E-state index contributed by atoms with van der Waals surface area (Å²) in [6.07, 6.45) is 0. The van der Waals surface area contributed by atoms with Crippen LogP contribution < -0.4 is 5.32 Å². The Hall–Kier alpha value is -1.11. The number of nitrogens with zero attached hydrogens (tertiary/aromatic N) is 1. The van der Waals surface area contributed by atoms with Gasteiger partial charge in [0, 0.05) is 17.9 Å². The van der Waals surface area contributed by atoms with Gasteiger partial charge in [-0.1, -0.05) is 13.8 Å². The van der Waals surface area contributed by atoms with Gasteiger partial charge in [0.15, 0.2) is 0 Å². The number of benzene rings is 1. The molecule has 0 aliphatic rings. The highest BCUT2D eigenvalue weighted by molar-refractivity contribution is 9.10. The van der Waals surface area contributed by atoms with E-state index in [9.17, 15) is 9.59 Å². The number of ether oxygens (including phenoxy) is 1. The Balaban J connectivity index is 0.00000484. The average Bonchev–Trinajstić information content (AvgIpc) is 2.47. The van der Waals surface area contributed by atoms with Crippen molar-refractivity contribution in [3.63, 3.8) is 0 Å². The highest BCUT2D eigenvalue weighted by Gasteiger charge is 2.16. The molecule has 0 radical (unpaired) electrons. The van der Waals surface area contributed by atoms with Crippen LogP contribution >= 0.6 is 28.3 Å². The van der Waals surface area contributed by atoms with Gasteiger partial charge >= 0.3 is 5.97 Å². The number of esters is 1. The second kappa shape index (κ2) is 10.6. The Labute approximate surface area is 152 Å². The molecule has 1 aromatic rings. The van der Waals surface area contributed by atoms with Crippen LogP contribution in [-0.4, -0.2) is 36.5 Å². The zero-order chi connectivity index (χ0) is 16.7. The predicted molar refractivity (Wildman–Crippen MR) is 98.3 cm³/mol. The highest BCUT2D eigenvalue weighted by Crippen LogP contribution is 2.30. The second-order valence-corrected chi connectivity index (χ2v) is 5.71. The van der Waals surface area contributed by atoms with Crippen LogP contribution in [0.3, 0.4) is 0 Å². The van der Waals surface area contributed by atoms with Crippen LogP contribution in [0.2, 0.25) is 0 Å². The quantitative estimate of drug-likeness (QED) is 0.698. The summed E-state index contributed by atoms with van der Waals surface area (Å²) < 4.78 is 5.73. The smallest absolute Gasteiger partial charge is 0.338 e. The van der Waals surface area contributed by atoms with Gasteiger partial charge in [-0.25, -0.2) is 4.79 Å². The summed E-state index contributed by atoms with van der Waals surface area (Å²) in [7, 11) is 0. The Morgan fingerprint density at radius 1 is 1.22 bits per heavy atom. The number of anilines is 1. The van der Waals surface area contributed by atoms with E-state index in [1.165, 1.54) is 6.92 Å². The van der Waals surface area contributed by atoms with Gasteiger partial charge in [-0.15, -0.1) is 12.4 Å². The molecule has 1 N–H and O–H groups in total. The topological polar surface area (TPSA) is 58.6 Å². The summed E-state index contributed by atoms with van der Waals surface area (Å²) >= 11 is 3.44.